The Morgan fingerprint density at radius 2 is 2.16 bits per heavy atom. The van der Waals surface area contributed by atoms with Crippen LogP contribution in [0.2, 0.25) is 5.02 Å². The molecule has 0 aliphatic heterocycles. The molecule has 1 aliphatic carbocycles. The van der Waals surface area contributed by atoms with Gasteiger partial charge in [0.05, 0.1) is 11.6 Å². The standard InChI is InChI=1S/C17H22ClFN2O4/c1-3-21(9-16(22)23)13-7-12(8-13)20-17(24)10(2)25-15-5-4-11(19)6-14(15)18/h4-6,10,12-13H,3,7-9H2,1-2H3,(H,20,24)(H,22,23). The van der Waals surface area contributed by atoms with Gasteiger partial charge in [-0.1, -0.05) is 18.5 Å². The van der Waals surface area contributed by atoms with Crippen LogP contribution in [0.15, 0.2) is 18.2 Å². The van der Waals surface area contributed by atoms with E-state index in [1.165, 1.54) is 12.1 Å². The summed E-state index contributed by atoms with van der Waals surface area (Å²) in [7, 11) is 0. The molecule has 1 fully saturated rings. The van der Waals surface area contributed by atoms with Crippen molar-refractivity contribution in [3.63, 3.8) is 0 Å². The van der Waals surface area contributed by atoms with E-state index in [-0.39, 0.29) is 35.3 Å². The molecular weight excluding hydrogens is 351 g/mol. The third-order valence-corrected chi connectivity index (χ3v) is 4.58. The first-order valence-corrected chi connectivity index (χ1v) is 8.55. The summed E-state index contributed by atoms with van der Waals surface area (Å²) >= 11 is 5.88. The number of carboxylic acid groups (broad SMARTS) is 1. The Morgan fingerprint density at radius 3 is 2.72 bits per heavy atom. The van der Waals surface area contributed by atoms with Crippen LogP contribution < -0.4 is 10.1 Å². The number of hydrogen-bond donors (Lipinski definition) is 2. The molecule has 0 heterocycles. The third-order valence-electron chi connectivity index (χ3n) is 4.29. The topological polar surface area (TPSA) is 78.9 Å². The quantitative estimate of drug-likeness (QED) is 0.732. The lowest BCUT2D eigenvalue weighted by molar-refractivity contribution is -0.140. The predicted octanol–water partition coefficient (Wildman–Crippen LogP) is 2.30. The number of carboxylic acids is 1. The number of nitrogens with one attached hydrogen (secondary N) is 1. The summed E-state index contributed by atoms with van der Waals surface area (Å²) in [6, 6.07) is 3.87. The Balaban J connectivity index is 1.80. The lowest BCUT2D eigenvalue weighted by atomic mass is 9.85. The van der Waals surface area contributed by atoms with Crippen LogP contribution in [0.5, 0.6) is 5.75 Å². The number of carbonyl (C=O) groups excluding carboxylic acids is 1. The Bertz CT molecular complexity index is 637. The fourth-order valence-corrected chi connectivity index (χ4v) is 3.02. The van der Waals surface area contributed by atoms with Gasteiger partial charge < -0.3 is 15.2 Å². The monoisotopic (exact) mass is 372 g/mol. The first kappa shape index (κ1) is 19.5. The van der Waals surface area contributed by atoms with Crippen LogP contribution in [0, 0.1) is 5.82 Å². The summed E-state index contributed by atoms with van der Waals surface area (Å²) < 4.78 is 18.5. The maximum atomic E-state index is 13.0. The SMILES string of the molecule is CCN(CC(=O)O)C1CC(NC(=O)C(C)Oc2ccc(F)cc2Cl)C1. The second-order valence-corrected chi connectivity index (χ2v) is 6.53. The highest BCUT2D eigenvalue weighted by Crippen LogP contribution is 2.27. The van der Waals surface area contributed by atoms with Gasteiger partial charge in [-0.05, 0) is 44.5 Å². The molecule has 6 nitrogen and oxygen atoms in total. The van der Waals surface area contributed by atoms with Crippen molar-refractivity contribution in [2.45, 2.75) is 44.9 Å². The van der Waals surface area contributed by atoms with Crippen molar-refractivity contribution >= 4 is 23.5 Å². The van der Waals surface area contributed by atoms with Crippen LogP contribution in [0.1, 0.15) is 26.7 Å². The molecule has 0 saturated heterocycles. The lowest BCUT2D eigenvalue weighted by Crippen LogP contribution is -2.56. The number of likely N-dealkylation sites (N-methyl/N-ethyl adjacent to an activating group) is 1. The van der Waals surface area contributed by atoms with Gasteiger partial charge in [0.2, 0.25) is 0 Å². The second kappa shape index (κ2) is 8.49. The van der Waals surface area contributed by atoms with Gasteiger partial charge in [0.15, 0.2) is 6.10 Å². The van der Waals surface area contributed by atoms with Gasteiger partial charge in [-0.15, -0.1) is 0 Å². The smallest absolute Gasteiger partial charge is 0.317 e. The van der Waals surface area contributed by atoms with Crippen LogP contribution >= 0.6 is 11.6 Å². The number of ether oxygens (including phenoxy) is 1. The minimum atomic E-state index is -0.854. The molecule has 1 aliphatic rings. The number of aliphatic carboxylic acids is 1. The Kier molecular flexibility index (Phi) is 6.61. The normalized spacial score (nSPS) is 20.7. The van der Waals surface area contributed by atoms with Crippen molar-refractivity contribution in [3.05, 3.63) is 29.0 Å². The van der Waals surface area contributed by atoms with E-state index in [1.807, 2.05) is 11.8 Å². The van der Waals surface area contributed by atoms with Crippen molar-refractivity contribution in [2.75, 3.05) is 13.1 Å². The van der Waals surface area contributed by atoms with E-state index in [2.05, 4.69) is 5.32 Å². The van der Waals surface area contributed by atoms with Crippen molar-refractivity contribution in [1.82, 2.24) is 10.2 Å². The summed E-state index contributed by atoms with van der Waals surface area (Å²) in [5.41, 5.74) is 0. The van der Waals surface area contributed by atoms with Crippen LogP contribution in [-0.4, -0.2) is 53.2 Å². The number of benzene rings is 1. The van der Waals surface area contributed by atoms with Gasteiger partial charge in [-0.25, -0.2) is 4.39 Å². The molecule has 0 radical (unpaired) electrons. The summed E-state index contributed by atoms with van der Waals surface area (Å²) in [5, 5.41) is 11.9. The molecule has 1 unspecified atom stereocenters. The highest BCUT2D eigenvalue weighted by molar-refractivity contribution is 6.32. The van der Waals surface area contributed by atoms with Crippen molar-refractivity contribution in [2.24, 2.45) is 0 Å². The van der Waals surface area contributed by atoms with E-state index in [9.17, 15) is 14.0 Å². The van der Waals surface area contributed by atoms with Gasteiger partial charge in [0.25, 0.3) is 5.91 Å². The molecular formula is C17H22ClFN2O4. The average molecular weight is 373 g/mol. The first-order chi connectivity index (χ1) is 11.8. The Labute approximate surface area is 150 Å². The van der Waals surface area contributed by atoms with E-state index in [1.54, 1.807) is 6.92 Å². The second-order valence-electron chi connectivity index (χ2n) is 6.12. The number of amides is 1. The molecule has 1 amide bonds. The van der Waals surface area contributed by atoms with Crippen molar-refractivity contribution in [1.29, 1.82) is 0 Å². The van der Waals surface area contributed by atoms with Crippen molar-refractivity contribution in [3.8, 4) is 5.75 Å². The van der Waals surface area contributed by atoms with Gasteiger partial charge in [-0.3, -0.25) is 14.5 Å². The third kappa shape index (κ3) is 5.31. The molecule has 2 rings (SSSR count). The fourth-order valence-electron chi connectivity index (χ4n) is 2.81. The fraction of sp³-hybridized carbons (Fsp3) is 0.529. The molecule has 1 atom stereocenters. The molecule has 2 N–H and O–H groups in total. The zero-order valence-electron chi connectivity index (χ0n) is 14.2. The molecule has 1 saturated carbocycles. The molecule has 1 aromatic rings. The average Bonchev–Trinajstić information content (AvgIpc) is 2.50. The molecule has 25 heavy (non-hydrogen) atoms. The van der Waals surface area contributed by atoms with E-state index < -0.39 is 17.9 Å². The van der Waals surface area contributed by atoms with Gasteiger partial charge in [0, 0.05) is 12.1 Å². The van der Waals surface area contributed by atoms with Crippen LogP contribution in [0.4, 0.5) is 4.39 Å². The number of rotatable bonds is 8. The molecule has 0 bridgehead atoms. The molecule has 138 valence electrons. The van der Waals surface area contributed by atoms with Gasteiger partial charge >= 0.3 is 5.97 Å². The highest BCUT2D eigenvalue weighted by atomic mass is 35.5. The van der Waals surface area contributed by atoms with Crippen LogP contribution in [0.25, 0.3) is 0 Å². The molecule has 8 heteroatoms. The largest absolute Gasteiger partial charge is 0.480 e. The summed E-state index contributed by atoms with van der Waals surface area (Å²) in [6.07, 6.45) is 0.636. The minimum absolute atomic E-state index is 0.00438. The number of hydrogen-bond acceptors (Lipinski definition) is 4. The van der Waals surface area contributed by atoms with Crippen LogP contribution in [-0.2, 0) is 9.59 Å². The zero-order chi connectivity index (χ0) is 18.6. The van der Waals surface area contributed by atoms with E-state index in [0.29, 0.717) is 19.4 Å². The van der Waals surface area contributed by atoms with E-state index in [4.69, 9.17) is 21.4 Å². The number of carbonyl (C=O) groups is 2. The summed E-state index contributed by atoms with van der Waals surface area (Å²) in [4.78, 5) is 24.9. The molecule has 0 spiro atoms. The highest BCUT2D eigenvalue weighted by Gasteiger charge is 2.35. The Morgan fingerprint density at radius 1 is 1.48 bits per heavy atom. The molecule has 0 aromatic heterocycles. The predicted molar refractivity (Wildman–Crippen MR) is 91.3 cm³/mol. The summed E-state index contributed by atoms with van der Waals surface area (Å²) in [5.74, 6) is -1.37. The summed E-state index contributed by atoms with van der Waals surface area (Å²) in [6.45, 7) is 4.16. The van der Waals surface area contributed by atoms with Crippen LogP contribution in [0.3, 0.4) is 0 Å². The molecule has 1 aromatic carbocycles. The van der Waals surface area contributed by atoms with Crippen molar-refractivity contribution < 1.29 is 23.8 Å². The number of halogens is 2. The zero-order valence-corrected chi connectivity index (χ0v) is 14.9. The maximum absolute atomic E-state index is 13.0. The maximum Gasteiger partial charge on any atom is 0.317 e. The number of nitrogens with zero attached hydrogens (tertiary/aromatic N) is 1. The van der Waals surface area contributed by atoms with E-state index >= 15 is 0 Å². The van der Waals surface area contributed by atoms with Gasteiger partial charge in [-0.2, -0.15) is 0 Å². The first-order valence-electron chi connectivity index (χ1n) is 8.18. The Hall–Kier alpha value is -1.86. The minimum Gasteiger partial charge on any atom is -0.480 e. The lowest BCUT2D eigenvalue weighted by Gasteiger charge is -2.42. The van der Waals surface area contributed by atoms with E-state index in [0.717, 1.165) is 6.07 Å². The van der Waals surface area contributed by atoms with Gasteiger partial charge in [0.1, 0.15) is 11.6 Å².